The first-order valence-corrected chi connectivity index (χ1v) is 8.73. The molecule has 122 valence electrons. The van der Waals surface area contributed by atoms with Crippen LogP contribution in [0.25, 0.3) is 16.7 Å². The lowest BCUT2D eigenvalue weighted by atomic mass is 9.94. The topological polar surface area (TPSA) is 12.0 Å². The summed E-state index contributed by atoms with van der Waals surface area (Å²) in [4.78, 5) is 0. The summed E-state index contributed by atoms with van der Waals surface area (Å²) in [5.41, 5.74) is 6.33. The average Bonchev–Trinajstić information content (AvgIpc) is 2.70. The predicted molar refractivity (Wildman–Crippen MR) is 107 cm³/mol. The van der Waals surface area contributed by atoms with E-state index in [2.05, 4.69) is 102 Å². The maximum atomic E-state index is 3.63. The summed E-state index contributed by atoms with van der Waals surface area (Å²) >= 11 is 0. The first-order valence-electron chi connectivity index (χ1n) is 8.73. The monoisotopic (exact) mass is 323 g/mol. The fourth-order valence-electron chi connectivity index (χ4n) is 3.25. The highest BCUT2D eigenvalue weighted by Crippen LogP contribution is 2.26. The summed E-state index contributed by atoms with van der Waals surface area (Å²) < 4.78 is 0. The highest BCUT2D eigenvalue weighted by molar-refractivity contribution is 5.70. The molecule has 25 heavy (non-hydrogen) atoms. The van der Waals surface area contributed by atoms with E-state index >= 15 is 0 Å². The molecule has 0 aromatic heterocycles. The van der Waals surface area contributed by atoms with Gasteiger partial charge in [-0.05, 0) is 40.8 Å². The van der Waals surface area contributed by atoms with Gasteiger partial charge in [-0.2, -0.15) is 0 Å². The molecule has 1 heteroatoms. The number of anilines is 1. The molecule has 0 saturated heterocycles. The van der Waals surface area contributed by atoms with Crippen molar-refractivity contribution in [3.8, 4) is 11.1 Å². The van der Waals surface area contributed by atoms with Crippen LogP contribution in [-0.4, -0.2) is 6.04 Å². The third kappa shape index (κ3) is 3.72. The Balaban J connectivity index is 1.45. The van der Waals surface area contributed by atoms with E-state index in [1.54, 1.807) is 0 Å². The van der Waals surface area contributed by atoms with Gasteiger partial charge in [0.1, 0.15) is 0 Å². The largest absolute Gasteiger partial charge is 0.378 e. The van der Waals surface area contributed by atoms with E-state index in [1.165, 1.54) is 22.3 Å². The Bertz CT molecular complexity index is 874. The predicted octanol–water partition coefficient (Wildman–Crippen LogP) is 6.18. The first-order chi connectivity index (χ1) is 12.4. The summed E-state index contributed by atoms with van der Waals surface area (Å²) in [6.07, 6.45) is 7.60. The molecule has 0 aliphatic heterocycles. The lowest BCUT2D eigenvalue weighted by molar-refractivity contribution is 0.897. The maximum Gasteiger partial charge on any atom is 0.0488 e. The Morgan fingerprint density at radius 2 is 1.24 bits per heavy atom. The van der Waals surface area contributed by atoms with Crippen LogP contribution in [0, 0.1) is 0 Å². The molecule has 0 radical (unpaired) electrons. The van der Waals surface area contributed by atoms with E-state index in [0.717, 1.165) is 12.1 Å². The van der Waals surface area contributed by atoms with Crippen molar-refractivity contribution in [2.24, 2.45) is 0 Å². The van der Waals surface area contributed by atoms with Gasteiger partial charge in [0.15, 0.2) is 0 Å². The van der Waals surface area contributed by atoms with Crippen molar-refractivity contribution in [3.05, 3.63) is 109 Å². The van der Waals surface area contributed by atoms with Gasteiger partial charge in [-0.25, -0.2) is 0 Å². The molecule has 1 atom stereocenters. The van der Waals surface area contributed by atoms with Gasteiger partial charge in [-0.15, -0.1) is 0 Å². The zero-order valence-corrected chi connectivity index (χ0v) is 14.1. The van der Waals surface area contributed by atoms with Gasteiger partial charge in [0.05, 0.1) is 0 Å². The van der Waals surface area contributed by atoms with Crippen LogP contribution < -0.4 is 5.32 Å². The third-order valence-corrected chi connectivity index (χ3v) is 4.57. The summed E-state index contributed by atoms with van der Waals surface area (Å²) in [7, 11) is 0. The Morgan fingerprint density at radius 1 is 0.640 bits per heavy atom. The number of rotatable bonds is 4. The fourth-order valence-corrected chi connectivity index (χ4v) is 3.25. The molecule has 1 nitrogen and oxygen atoms in total. The van der Waals surface area contributed by atoms with Crippen LogP contribution in [0.2, 0.25) is 0 Å². The average molecular weight is 323 g/mol. The van der Waals surface area contributed by atoms with Gasteiger partial charge in [-0.3, -0.25) is 0 Å². The molecule has 1 aliphatic rings. The molecule has 3 aromatic carbocycles. The minimum absolute atomic E-state index is 0.322. The summed E-state index contributed by atoms with van der Waals surface area (Å²) in [6, 6.07) is 30.1. The van der Waals surface area contributed by atoms with E-state index in [-0.39, 0.29) is 0 Å². The van der Waals surface area contributed by atoms with E-state index in [0.29, 0.717) is 6.04 Å². The van der Waals surface area contributed by atoms with Crippen molar-refractivity contribution in [2.45, 2.75) is 12.5 Å². The molecule has 1 aliphatic carbocycles. The van der Waals surface area contributed by atoms with Crippen LogP contribution >= 0.6 is 0 Å². The number of hydrogen-bond donors (Lipinski definition) is 1. The quantitative estimate of drug-likeness (QED) is 0.604. The molecule has 0 saturated carbocycles. The Morgan fingerprint density at radius 3 is 1.92 bits per heavy atom. The molecule has 1 unspecified atom stereocenters. The van der Waals surface area contributed by atoms with Gasteiger partial charge < -0.3 is 5.32 Å². The Labute approximate surface area is 149 Å². The maximum absolute atomic E-state index is 3.63. The summed E-state index contributed by atoms with van der Waals surface area (Å²) in [6.45, 7) is 0. The number of benzene rings is 3. The zero-order chi connectivity index (χ0) is 16.9. The SMILES string of the molecule is C1=CC(Nc2ccc(-c3ccccc3)cc2)CC(c2ccccc2)=C1. The molecule has 0 heterocycles. The van der Waals surface area contributed by atoms with Crippen LogP contribution in [0.5, 0.6) is 0 Å². The van der Waals surface area contributed by atoms with Gasteiger partial charge in [0.25, 0.3) is 0 Å². The normalized spacial score (nSPS) is 16.3. The van der Waals surface area contributed by atoms with Gasteiger partial charge in [-0.1, -0.05) is 91.0 Å². The van der Waals surface area contributed by atoms with Gasteiger partial charge in [0, 0.05) is 11.7 Å². The van der Waals surface area contributed by atoms with E-state index in [4.69, 9.17) is 0 Å². The van der Waals surface area contributed by atoms with Crippen molar-refractivity contribution in [3.63, 3.8) is 0 Å². The Hall–Kier alpha value is -3.06. The van der Waals surface area contributed by atoms with Crippen LogP contribution in [0.15, 0.2) is 103 Å². The third-order valence-electron chi connectivity index (χ3n) is 4.57. The Kier molecular flexibility index (Phi) is 4.47. The minimum Gasteiger partial charge on any atom is -0.378 e. The zero-order valence-electron chi connectivity index (χ0n) is 14.1. The van der Waals surface area contributed by atoms with Crippen molar-refractivity contribution < 1.29 is 0 Å². The molecule has 0 spiro atoms. The molecule has 4 rings (SSSR count). The van der Waals surface area contributed by atoms with Gasteiger partial charge in [0.2, 0.25) is 0 Å². The molecule has 3 aromatic rings. The summed E-state index contributed by atoms with van der Waals surface area (Å²) in [5.74, 6) is 0. The first kappa shape index (κ1) is 15.5. The van der Waals surface area contributed by atoms with Crippen LogP contribution in [0.4, 0.5) is 5.69 Å². The molecule has 1 N–H and O–H groups in total. The van der Waals surface area contributed by atoms with E-state index in [9.17, 15) is 0 Å². The van der Waals surface area contributed by atoms with E-state index in [1.807, 2.05) is 6.07 Å². The highest BCUT2D eigenvalue weighted by atomic mass is 14.9. The molecule has 0 bridgehead atoms. The minimum atomic E-state index is 0.322. The van der Waals surface area contributed by atoms with Crippen molar-refractivity contribution in [1.82, 2.24) is 0 Å². The number of hydrogen-bond acceptors (Lipinski definition) is 1. The van der Waals surface area contributed by atoms with Crippen LogP contribution in [0.1, 0.15) is 12.0 Å². The van der Waals surface area contributed by atoms with Crippen molar-refractivity contribution in [2.75, 3.05) is 5.32 Å². The second-order valence-electron chi connectivity index (χ2n) is 6.34. The number of allylic oxidation sites excluding steroid dienone is 2. The van der Waals surface area contributed by atoms with Crippen molar-refractivity contribution in [1.29, 1.82) is 0 Å². The lowest BCUT2D eigenvalue weighted by Crippen LogP contribution is -2.18. The standard InChI is InChI=1S/C24H21N/c1-3-8-19(9-4-1)21-14-16-23(17-15-21)25-24-13-7-12-22(18-24)20-10-5-2-6-11-20/h1-17,24-25H,18H2. The van der Waals surface area contributed by atoms with Crippen molar-refractivity contribution >= 4 is 11.3 Å². The smallest absolute Gasteiger partial charge is 0.0488 e. The molecular weight excluding hydrogens is 302 g/mol. The lowest BCUT2D eigenvalue weighted by Gasteiger charge is -2.21. The van der Waals surface area contributed by atoms with Gasteiger partial charge >= 0.3 is 0 Å². The summed E-state index contributed by atoms with van der Waals surface area (Å²) in [5, 5.41) is 3.63. The number of nitrogens with one attached hydrogen (secondary N) is 1. The fraction of sp³-hybridized carbons (Fsp3) is 0.0833. The molecule has 0 fully saturated rings. The highest BCUT2D eigenvalue weighted by Gasteiger charge is 2.12. The van der Waals surface area contributed by atoms with Crippen LogP contribution in [-0.2, 0) is 0 Å². The van der Waals surface area contributed by atoms with Crippen LogP contribution in [0.3, 0.4) is 0 Å². The molecular formula is C24H21N. The second-order valence-corrected chi connectivity index (χ2v) is 6.34. The molecule has 0 amide bonds. The second kappa shape index (κ2) is 7.23. The van der Waals surface area contributed by atoms with E-state index < -0.39 is 0 Å².